The van der Waals surface area contributed by atoms with Gasteiger partial charge >= 0.3 is 6.09 Å². The number of thiazole rings is 1. The second-order valence-electron chi connectivity index (χ2n) is 9.32. The number of fused-ring (bicyclic) bond motifs is 4. The normalized spacial score (nSPS) is 14.3. The van der Waals surface area contributed by atoms with E-state index in [4.69, 9.17) is 23.9 Å². The summed E-state index contributed by atoms with van der Waals surface area (Å²) in [7, 11) is 1.57. The first-order chi connectivity index (χ1) is 19.4. The molecular weight excluding hydrogens is 534 g/mol. The number of aromatic nitrogens is 4. The molecule has 0 saturated heterocycles. The summed E-state index contributed by atoms with van der Waals surface area (Å²) in [6.07, 6.45) is 3.44. The molecule has 1 atom stereocenters. The molecule has 2 aromatic carbocycles. The summed E-state index contributed by atoms with van der Waals surface area (Å²) in [5.41, 5.74) is 6.15. The number of methoxy groups -OCH3 is 1. The molecule has 0 spiro atoms. The van der Waals surface area contributed by atoms with Crippen LogP contribution in [0.1, 0.15) is 16.7 Å². The van der Waals surface area contributed by atoms with Crippen molar-refractivity contribution in [2.75, 3.05) is 25.6 Å². The molecule has 12 heteroatoms. The number of rotatable bonds is 6. The largest absolute Gasteiger partial charge is 0.484 e. The molecule has 1 amide bonds. The number of carbonyl (C=O) groups is 1. The Morgan fingerprint density at radius 1 is 1.15 bits per heavy atom. The number of nitrogens with zero attached hydrogens (tertiary/aromatic N) is 4. The van der Waals surface area contributed by atoms with Crippen molar-refractivity contribution in [2.45, 2.75) is 26.6 Å². The average molecular weight is 560 g/mol. The van der Waals surface area contributed by atoms with Gasteiger partial charge in [0.1, 0.15) is 22.9 Å². The summed E-state index contributed by atoms with van der Waals surface area (Å²) in [5, 5.41) is 12.6. The molecule has 0 fully saturated rings. The van der Waals surface area contributed by atoms with Gasteiger partial charge in [-0.25, -0.2) is 19.7 Å². The van der Waals surface area contributed by atoms with Crippen LogP contribution in [0.4, 0.5) is 10.5 Å². The monoisotopic (exact) mass is 559 g/mol. The first-order valence-electron chi connectivity index (χ1n) is 12.5. The molecule has 1 aliphatic heterocycles. The van der Waals surface area contributed by atoms with Crippen LogP contribution in [0.3, 0.4) is 0 Å². The van der Waals surface area contributed by atoms with Crippen LogP contribution in [0.15, 0.2) is 42.9 Å². The molecule has 0 bridgehead atoms. The van der Waals surface area contributed by atoms with Crippen LogP contribution < -0.4 is 19.5 Å². The number of anilines is 1. The predicted octanol–water partition coefficient (Wildman–Crippen LogP) is 4.81. The van der Waals surface area contributed by atoms with Crippen LogP contribution in [0.25, 0.3) is 31.8 Å². The quantitative estimate of drug-likeness (QED) is 0.298. The van der Waals surface area contributed by atoms with E-state index in [1.807, 2.05) is 26.0 Å². The van der Waals surface area contributed by atoms with Crippen LogP contribution in [0.2, 0.25) is 0 Å². The number of aliphatic hydroxyl groups is 1. The summed E-state index contributed by atoms with van der Waals surface area (Å²) >= 11 is 1.50. The third-order valence-corrected chi connectivity index (χ3v) is 7.41. The fraction of sp³-hybridized carbons (Fsp3) is 0.250. The lowest BCUT2D eigenvalue weighted by molar-refractivity contribution is 0.0383. The minimum Gasteiger partial charge on any atom is -0.484 e. The number of nitrogens with one attached hydrogen (secondary N) is 1. The molecule has 40 heavy (non-hydrogen) atoms. The maximum Gasteiger partial charge on any atom is 0.411 e. The number of carbonyl (C=O) groups excluding carboxylic acids is 1. The minimum atomic E-state index is -0.656. The van der Waals surface area contributed by atoms with Gasteiger partial charge in [-0.3, -0.25) is 10.3 Å². The first-order valence-corrected chi connectivity index (χ1v) is 13.3. The number of benzene rings is 2. The Kier molecular flexibility index (Phi) is 6.78. The molecule has 4 heterocycles. The van der Waals surface area contributed by atoms with Gasteiger partial charge < -0.3 is 24.1 Å². The van der Waals surface area contributed by atoms with Gasteiger partial charge in [0.2, 0.25) is 5.88 Å². The van der Waals surface area contributed by atoms with Gasteiger partial charge in [-0.1, -0.05) is 0 Å². The van der Waals surface area contributed by atoms with Crippen LogP contribution in [-0.2, 0) is 11.3 Å². The lowest BCUT2D eigenvalue weighted by Crippen LogP contribution is -2.35. The Hall–Kier alpha value is -4.55. The van der Waals surface area contributed by atoms with Crippen molar-refractivity contribution in [3.8, 4) is 28.0 Å². The molecule has 1 aliphatic rings. The summed E-state index contributed by atoms with van der Waals surface area (Å²) in [5.74, 6) is 1.63. The van der Waals surface area contributed by atoms with Crippen LogP contribution in [0, 0.1) is 13.8 Å². The van der Waals surface area contributed by atoms with Crippen molar-refractivity contribution in [3.63, 3.8) is 0 Å². The Morgan fingerprint density at radius 3 is 2.85 bits per heavy atom. The summed E-state index contributed by atoms with van der Waals surface area (Å²) < 4.78 is 23.7. The smallest absolute Gasteiger partial charge is 0.411 e. The van der Waals surface area contributed by atoms with Crippen molar-refractivity contribution in [1.82, 2.24) is 19.9 Å². The molecule has 0 aliphatic carbocycles. The molecular formula is C28H25N5O6S. The van der Waals surface area contributed by atoms with Gasteiger partial charge in [0.05, 0.1) is 48.3 Å². The Balaban J connectivity index is 1.22. The van der Waals surface area contributed by atoms with Crippen molar-refractivity contribution in [3.05, 3.63) is 59.5 Å². The summed E-state index contributed by atoms with van der Waals surface area (Å²) in [4.78, 5) is 30.3. The second-order valence-corrected chi connectivity index (χ2v) is 10.3. The SMILES string of the molecule is COc1cnc2c(-c3nc4c(C)cc5c(c4s3)OC[C@H](COC(=O)Nc3cncc(CO)c3)O5)cc(C)cc2n1. The Labute approximate surface area is 232 Å². The number of amides is 1. The van der Waals surface area contributed by atoms with Gasteiger partial charge in [-0.2, -0.15) is 0 Å². The lowest BCUT2D eigenvalue weighted by Gasteiger charge is -2.26. The molecule has 6 rings (SSSR count). The fourth-order valence-electron chi connectivity index (χ4n) is 4.47. The van der Waals surface area contributed by atoms with Crippen LogP contribution in [-0.4, -0.2) is 57.6 Å². The molecule has 0 unspecified atom stereocenters. The zero-order chi connectivity index (χ0) is 27.8. The average Bonchev–Trinajstić information content (AvgIpc) is 3.41. The highest BCUT2D eigenvalue weighted by Crippen LogP contribution is 2.46. The van der Waals surface area contributed by atoms with E-state index in [0.29, 0.717) is 28.6 Å². The second kappa shape index (κ2) is 10.5. The minimum absolute atomic E-state index is 0.0131. The van der Waals surface area contributed by atoms with Crippen molar-refractivity contribution < 1.29 is 28.8 Å². The van der Waals surface area contributed by atoms with Gasteiger partial charge in [0.25, 0.3) is 0 Å². The maximum atomic E-state index is 12.3. The van der Waals surface area contributed by atoms with E-state index >= 15 is 0 Å². The molecule has 0 saturated carbocycles. The first kappa shape index (κ1) is 25.7. The van der Waals surface area contributed by atoms with E-state index in [0.717, 1.165) is 42.9 Å². The standard InChI is InChI=1S/C28H25N5O6S/c1-14-4-19(24-20(5-14)32-22(36-3)10-30-24)27-33-23-15(2)6-21-25(26(23)40-27)37-12-18(39-21)13-38-28(35)31-17-7-16(11-34)8-29-9-17/h4-10,18,34H,11-13H2,1-3H3,(H,31,35)/t18-/m1/s1. The lowest BCUT2D eigenvalue weighted by atomic mass is 10.1. The highest BCUT2D eigenvalue weighted by molar-refractivity contribution is 7.22. The summed E-state index contributed by atoms with van der Waals surface area (Å²) in [6.45, 7) is 3.99. The number of pyridine rings is 1. The molecule has 2 N–H and O–H groups in total. The maximum absolute atomic E-state index is 12.3. The van der Waals surface area contributed by atoms with E-state index in [1.54, 1.807) is 19.4 Å². The number of hydrogen-bond acceptors (Lipinski definition) is 11. The Bertz CT molecular complexity index is 1760. The number of aliphatic hydroxyl groups excluding tert-OH is 1. The topological polar surface area (TPSA) is 138 Å². The fourth-order valence-corrected chi connectivity index (χ4v) is 5.62. The molecule has 5 aromatic rings. The predicted molar refractivity (Wildman–Crippen MR) is 149 cm³/mol. The Morgan fingerprint density at radius 2 is 2.02 bits per heavy atom. The van der Waals surface area contributed by atoms with E-state index in [9.17, 15) is 9.90 Å². The number of hydrogen-bond donors (Lipinski definition) is 2. The van der Waals surface area contributed by atoms with Crippen molar-refractivity contribution in [1.29, 1.82) is 0 Å². The number of ether oxygens (including phenoxy) is 4. The third-order valence-electron chi connectivity index (χ3n) is 6.32. The zero-order valence-corrected chi connectivity index (χ0v) is 22.7. The van der Waals surface area contributed by atoms with E-state index in [-0.39, 0.29) is 19.8 Å². The molecule has 204 valence electrons. The molecule has 3 aromatic heterocycles. The summed E-state index contributed by atoms with van der Waals surface area (Å²) in [6, 6.07) is 7.52. The zero-order valence-electron chi connectivity index (χ0n) is 21.9. The van der Waals surface area contributed by atoms with E-state index in [1.165, 1.54) is 23.7 Å². The van der Waals surface area contributed by atoms with Gasteiger partial charge in [0.15, 0.2) is 17.6 Å². The van der Waals surface area contributed by atoms with E-state index < -0.39 is 12.2 Å². The van der Waals surface area contributed by atoms with Gasteiger partial charge in [0, 0.05) is 11.8 Å². The van der Waals surface area contributed by atoms with Crippen molar-refractivity contribution in [2.24, 2.45) is 0 Å². The van der Waals surface area contributed by atoms with Crippen molar-refractivity contribution >= 4 is 44.4 Å². The highest BCUT2D eigenvalue weighted by Gasteiger charge is 2.27. The van der Waals surface area contributed by atoms with Crippen LogP contribution in [0.5, 0.6) is 17.4 Å². The molecule has 0 radical (unpaired) electrons. The van der Waals surface area contributed by atoms with Gasteiger partial charge in [-0.05, 0) is 54.8 Å². The number of aryl methyl sites for hydroxylation is 2. The van der Waals surface area contributed by atoms with E-state index in [2.05, 4.69) is 26.3 Å². The highest BCUT2D eigenvalue weighted by atomic mass is 32.1. The molecule has 11 nitrogen and oxygen atoms in total. The van der Waals surface area contributed by atoms with Gasteiger partial charge in [-0.15, -0.1) is 11.3 Å². The third kappa shape index (κ3) is 4.94. The van der Waals surface area contributed by atoms with Crippen LogP contribution >= 0.6 is 11.3 Å².